The van der Waals surface area contributed by atoms with Crippen LogP contribution in [0.5, 0.6) is 11.5 Å². The number of methoxy groups -OCH3 is 2. The normalized spacial score (nSPS) is 13.7. The molecule has 6 heteroatoms. The molecule has 0 unspecified atom stereocenters. The zero-order chi connectivity index (χ0) is 21.1. The fraction of sp³-hybridized carbons (Fsp3) is 0.0833. The fourth-order valence-corrected chi connectivity index (χ4v) is 4.27. The number of benzene rings is 3. The Hall–Kier alpha value is -3.51. The second-order valence-corrected chi connectivity index (χ2v) is 7.55. The summed E-state index contributed by atoms with van der Waals surface area (Å²) in [5.41, 5.74) is 1.41. The number of nitrogens with zero attached hydrogens (tertiary/aromatic N) is 1. The minimum Gasteiger partial charge on any atom is -0.497 e. The molecule has 3 aromatic rings. The van der Waals surface area contributed by atoms with Crippen molar-refractivity contribution in [3.05, 3.63) is 89.3 Å². The number of para-hydroxylation sites is 1. The first kappa shape index (κ1) is 19.8. The van der Waals surface area contributed by atoms with Gasteiger partial charge in [-0.2, -0.15) is 0 Å². The lowest BCUT2D eigenvalue weighted by Gasteiger charge is -2.16. The highest BCUT2D eigenvalue weighted by Crippen LogP contribution is 2.43. The first-order chi connectivity index (χ1) is 14.6. The van der Waals surface area contributed by atoms with Crippen LogP contribution < -0.4 is 14.4 Å². The maximum absolute atomic E-state index is 13.5. The van der Waals surface area contributed by atoms with E-state index in [2.05, 4.69) is 0 Å². The van der Waals surface area contributed by atoms with Crippen LogP contribution in [-0.2, 0) is 9.59 Å². The molecule has 0 spiro atoms. The molecule has 2 amide bonds. The van der Waals surface area contributed by atoms with Gasteiger partial charge in [0.25, 0.3) is 11.8 Å². The summed E-state index contributed by atoms with van der Waals surface area (Å²) in [7, 11) is 3.11. The molecule has 0 N–H and O–H groups in total. The lowest BCUT2D eigenvalue weighted by atomic mass is 10.0. The fourth-order valence-electron chi connectivity index (χ4n) is 3.27. The summed E-state index contributed by atoms with van der Waals surface area (Å²) < 4.78 is 10.7. The van der Waals surface area contributed by atoms with Gasteiger partial charge < -0.3 is 9.47 Å². The molecule has 0 saturated carbocycles. The summed E-state index contributed by atoms with van der Waals surface area (Å²) in [5.74, 6) is 0.444. The largest absolute Gasteiger partial charge is 0.497 e. The summed E-state index contributed by atoms with van der Waals surface area (Å²) >= 11 is 1.28. The van der Waals surface area contributed by atoms with Crippen molar-refractivity contribution in [1.82, 2.24) is 0 Å². The zero-order valence-electron chi connectivity index (χ0n) is 16.5. The van der Waals surface area contributed by atoms with Crippen molar-refractivity contribution in [2.24, 2.45) is 0 Å². The van der Waals surface area contributed by atoms with E-state index in [4.69, 9.17) is 9.47 Å². The van der Waals surface area contributed by atoms with E-state index < -0.39 is 0 Å². The molecular weight excluding hydrogens is 398 g/mol. The van der Waals surface area contributed by atoms with Gasteiger partial charge in [0.15, 0.2) is 0 Å². The number of thioether (sulfide) groups is 1. The Morgan fingerprint density at radius 2 is 1.40 bits per heavy atom. The number of amides is 2. The van der Waals surface area contributed by atoms with E-state index in [1.807, 2.05) is 42.5 Å². The van der Waals surface area contributed by atoms with Crippen LogP contribution in [-0.4, -0.2) is 26.0 Å². The molecule has 0 saturated heterocycles. The van der Waals surface area contributed by atoms with E-state index in [0.717, 1.165) is 4.90 Å². The summed E-state index contributed by atoms with van der Waals surface area (Å²) in [4.78, 5) is 29.3. The van der Waals surface area contributed by atoms with Gasteiger partial charge in [0, 0.05) is 10.5 Å². The molecule has 1 aliphatic rings. The summed E-state index contributed by atoms with van der Waals surface area (Å²) in [6.45, 7) is 0. The molecule has 5 nitrogen and oxygen atoms in total. The summed E-state index contributed by atoms with van der Waals surface area (Å²) in [5, 5.41) is 0. The van der Waals surface area contributed by atoms with Gasteiger partial charge in [-0.25, -0.2) is 4.90 Å². The van der Waals surface area contributed by atoms with Crippen LogP contribution in [0.25, 0.3) is 5.57 Å². The number of hydrogen-bond donors (Lipinski definition) is 0. The van der Waals surface area contributed by atoms with Crippen molar-refractivity contribution in [3.8, 4) is 11.5 Å². The molecule has 30 heavy (non-hydrogen) atoms. The Bertz CT molecular complexity index is 1120. The SMILES string of the molecule is COc1ccc(N2C(=O)C(Sc3ccccc3)=C(c3ccccc3OC)C2=O)cc1. The average Bonchev–Trinajstić information content (AvgIpc) is 3.03. The Kier molecular flexibility index (Phi) is 5.59. The molecule has 3 aromatic carbocycles. The van der Waals surface area contributed by atoms with Crippen LogP contribution in [0.2, 0.25) is 0 Å². The second kappa shape index (κ2) is 8.47. The number of imide groups is 1. The van der Waals surface area contributed by atoms with Gasteiger partial charge in [0.2, 0.25) is 0 Å². The maximum atomic E-state index is 13.5. The second-order valence-electron chi connectivity index (χ2n) is 6.46. The van der Waals surface area contributed by atoms with E-state index in [1.165, 1.54) is 16.7 Å². The monoisotopic (exact) mass is 417 g/mol. The number of rotatable bonds is 6. The number of anilines is 1. The minimum atomic E-state index is -0.381. The van der Waals surface area contributed by atoms with Crippen molar-refractivity contribution in [2.75, 3.05) is 19.1 Å². The molecule has 0 bridgehead atoms. The Morgan fingerprint density at radius 3 is 2.07 bits per heavy atom. The smallest absolute Gasteiger partial charge is 0.272 e. The van der Waals surface area contributed by atoms with Gasteiger partial charge in [-0.3, -0.25) is 9.59 Å². The van der Waals surface area contributed by atoms with Crippen LogP contribution in [0, 0.1) is 0 Å². The Labute approximate surface area is 178 Å². The van der Waals surface area contributed by atoms with E-state index in [-0.39, 0.29) is 11.8 Å². The van der Waals surface area contributed by atoms with Crippen molar-refractivity contribution < 1.29 is 19.1 Å². The van der Waals surface area contributed by atoms with E-state index in [0.29, 0.717) is 33.2 Å². The molecule has 1 aliphatic heterocycles. The van der Waals surface area contributed by atoms with Crippen LogP contribution in [0.3, 0.4) is 0 Å². The van der Waals surface area contributed by atoms with Gasteiger partial charge in [0.05, 0.1) is 30.4 Å². The summed E-state index contributed by atoms with van der Waals surface area (Å²) in [6, 6.07) is 23.6. The van der Waals surface area contributed by atoms with Crippen molar-refractivity contribution in [1.29, 1.82) is 0 Å². The topological polar surface area (TPSA) is 55.8 Å². The zero-order valence-corrected chi connectivity index (χ0v) is 17.3. The summed E-state index contributed by atoms with van der Waals surface area (Å²) in [6.07, 6.45) is 0. The highest BCUT2D eigenvalue weighted by atomic mass is 32.2. The quantitative estimate of drug-likeness (QED) is 0.540. The number of carbonyl (C=O) groups is 2. The maximum Gasteiger partial charge on any atom is 0.272 e. The van der Waals surface area contributed by atoms with Crippen LogP contribution in [0.15, 0.2) is 88.7 Å². The highest BCUT2D eigenvalue weighted by molar-refractivity contribution is 8.04. The predicted molar refractivity (Wildman–Crippen MR) is 118 cm³/mol. The molecule has 0 fully saturated rings. The molecule has 0 atom stereocenters. The van der Waals surface area contributed by atoms with E-state index in [9.17, 15) is 9.59 Å². The van der Waals surface area contributed by atoms with Crippen LogP contribution in [0.4, 0.5) is 5.69 Å². The highest BCUT2D eigenvalue weighted by Gasteiger charge is 2.41. The van der Waals surface area contributed by atoms with E-state index in [1.54, 1.807) is 50.6 Å². The molecular formula is C24H19NO4S. The lowest BCUT2D eigenvalue weighted by molar-refractivity contribution is -0.119. The molecule has 0 aromatic heterocycles. The third kappa shape index (κ3) is 3.57. The average molecular weight is 417 g/mol. The number of hydrogen-bond acceptors (Lipinski definition) is 5. The van der Waals surface area contributed by atoms with Crippen molar-refractivity contribution in [2.45, 2.75) is 4.90 Å². The first-order valence-electron chi connectivity index (χ1n) is 9.27. The molecule has 4 rings (SSSR count). The third-order valence-corrected chi connectivity index (χ3v) is 5.80. The Balaban J connectivity index is 1.83. The van der Waals surface area contributed by atoms with Crippen molar-refractivity contribution in [3.63, 3.8) is 0 Å². The number of carbonyl (C=O) groups excluding carboxylic acids is 2. The van der Waals surface area contributed by atoms with Gasteiger partial charge in [-0.15, -0.1) is 0 Å². The Morgan fingerprint density at radius 1 is 0.733 bits per heavy atom. The van der Waals surface area contributed by atoms with E-state index >= 15 is 0 Å². The van der Waals surface area contributed by atoms with Crippen LogP contribution in [0.1, 0.15) is 5.56 Å². The molecule has 0 aliphatic carbocycles. The van der Waals surface area contributed by atoms with Crippen LogP contribution >= 0.6 is 11.8 Å². The molecule has 0 radical (unpaired) electrons. The predicted octanol–water partition coefficient (Wildman–Crippen LogP) is 4.78. The molecule has 1 heterocycles. The third-order valence-electron chi connectivity index (χ3n) is 4.71. The minimum absolute atomic E-state index is 0.335. The van der Waals surface area contributed by atoms with Crippen molar-refractivity contribution >= 4 is 34.8 Å². The lowest BCUT2D eigenvalue weighted by Crippen LogP contribution is -2.31. The van der Waals surface area contributed by atoms with Gasteiger partial charge in [0.1, 0.15) is 11.5 Å². The van der Waals surface area contributed by atoms with Gasteiger partial charge in [-0.1, -0.05) is 48.2 Å². The standard InChI is InChI=1S/C24H19NO4S/c1-28-17-14-12-16(13-15-17)25-23(26)21(19-10-6-7-11-20(19)29-2)22(24(25)27)30-18-8-4-3-5-9-18/h3-15H,1-2H3. The first-order valence-corrected chi connectivity index (χ1v) is 10.1. The number of ether oxygens (including phenoxy) is 2. The van der Waals surface area contributed by atoms with Gasteiger partial charge in [-0.05, 0) is 42.5 Å². The molecule has 150 valence electrons. The van der Waals surface area contributed by atoms with Gasteiger partial charge >= 0.3 is 0 Å².